The Hall–Kier alpha value is -2.74. The van der Waals surface area contributed by atoms with E-state index in [0.717, 1.165) is 17.2 Å². The minimum absolute atomic E-state index is 0.104. The number of hydrogen-bond acceptors (Lipinski definition) is 6. The first kappa shape index (κ1) is 24.4. The summed E-state index contributed by atoms with van der Waals surface area (Å²) in [4.78, 5) is 13.4. The van der Waals surface area contributed by atoms with Crippen molar-refractivity contribution in [3.63, 3.8) is 0 Å². The van der Waals surface area contributed by atoms with Gasteiger partial charge in [0.1, 0.15) is 11.3 Å². The van der Waals surface area contributed by atoms with Crippen LogP contribution in [0.3, 0.4) is 0 Å². The molecule has 1 aromatic heterocycles. The van der Waals surface area contributed by atoms with E-state index in [9.17, 15) is 4.79 Å². The van der Waals surface area contributed by atoms with Crippen molar-refractivity contribution in [1.29, 1.82) is 0 Å². The highest BCUT2D eigenvalue weighted by atomic mass is 35.5. The molecule has 0 bridgehead atoms. The number of amides is 1. The third kappa shape index (κ3) is 6.44. The quantitative estimate of drug-likeness (QED) is 0.247. The first-order chi connectivity index (χ1) is 16.4. The molecule has 5 rings (SSSR count). The summed E-state index contributed by atoms with van der Waals surface area (Å²) in [6.07, 6.45) is 6.47. The average molecular weight is 504 g/mol. The number of likely N-dealkylation sites (tertiary alicyclic amines) is 1. The lowest BCUT2D eigenvalue weighted by molar-refractivity contribution is -0.112. The molecule has 34 heavy (non-hydrogen) atoms. The highest BCUT2D eigenvalue weighted by Gasteiger charge is 2.24. The van der Waals surface area contributed by atoms with Crippen molar-refractivity contribution >= 4 is 45.8 Å². The second-order valence-electron chi connectivity index (χ2n) is 8.49. The molecule has 0 radical (unpaired) electrons. The Kier molecular flexibility index (Phi) is 7.98. The van der Waals surface area contributed by atoms with Crippen LogP contribution in [0.1, 0.15) is 37.0 Å². The Morgan fingerprint density at radius 2 is 1.97 bits per heavy atom. The average Bonchev–Trinajstić information content (AvgIpc) is 3.49. The largest absolute Gasteiger partial charge is 0.489 e. The molecule has 2 aliphatic rings. The maximum absolute atomic E-state index is 10.9. The number of nitrogens with two attached hydrogens (primary N) is 1. The smallest absolute Gasteiger partial charge is 0.274 e. The fourth-order valence-electron chi connectivity index (χ4n) is 3.62. The van der Waals surface area contributed by atoms with E-state index in [1.165, 1.54) is 56.9 Å². The molecule has 0 unspecified atom stereocenters. The maximum Gasteiger partial charge on any atom is 0.274 e. The first-order valence-corrected chi connectivity index (χ1v) is 12.1. The van der Waals surface area contributed by atoms with Gasteiger partial charge in [-0.1, -0.05) is 34.4 Å². The summed E-state index contributed by atoms with van der Waals surface area (Å²) < 4.78 is 11.0. The van der Waals surface area contributed by atoms with E-state index >= 15 is 0 Å². The third-order valence-electron chi connectivity index (χ3n) is 5.75. The van der Waals surface area contributed by atoms with Crippen molar-refractivity contribution in [2.75, 3.05) is 19.6 Å². The van der Waals surface area contributed by atoms with E-state index in [2.05, 4.69) is 22.2 Å². The Morgan fingerprint density at radius 1 is 1.18 bits per heavy atom. The molecule has 2 aromatic carbocycles. The number of ether oxygens (including phenoxy) is 1. The second kappa shape index (κ2) is 11.1. The van der Waals surface area contributed by atoms with Crippen LogP contribution in [0.5, 0.6) is 5.75 Å². The van der Waals surface area contributed by atoms with Gasteiger partial charge in [-0.2, -0.15) is 0 Å². The van der Waals surface area contributed by atoms with Gasteiger partial charge in [0.2, 0.25) is 5.71 Å². The van der Waals surface area contributed by atoms with E-state index in [1.54, 1.807) is 18.2 Å². The van der Waals surface area contributed by atoms with Crippen molar-refractivity contribution in [2.45, 2.75) is 38.2 Å². The molecule has 180 valence electrons. The molecule has 0 spiro atoms. The molecule has 7 nitrogen and oxygen atoms in total. The van der Waals surface area contributed by atoms with Gasteiger partial charge in [-0.25, -0.2) is 0 Å². The molecule has 1 aliphatic carbocycles. The number of fused-ring (bicyclic) bond motifs is 1. The van der Waals surface area contributed by atoms with Gasteiger partial charge in [0.05, 0.1) is 11.1 Å². The van der Waals surface area contributed by atoms with Gasteiger partial charge < -0.3 is 25.0 Å². The number of oxime groups is 1. The monoisotopic (exact) mass is 503 g/mol. The van der Waals surface area contributed by atoms with Crippen molar-refractivity contribution in [1.82, 2.24) is 4.90 Å². The second-order valence-corrected chi connectivity index (χ2v) is 9.33. The lowest BCUT2D eigenvalue weighted by Gasteiger charge is -2.30. The van der Waals surface area contributed by atoms with E-state index < -0.39 is 5.91 Å². The van der Waals surface area contributed by atoms with Gasteiger partial charge in [-0.05, 0) is 93.7 Å². The molecule has 0 atom stereocenters. The summed E-state index contributed by atoms with van der Waals surface area (Å²) in [5, 5.41) is 13.4. The Labute approximate surface area is 208 Å². The zero-order valence-electron chi connectivity index (χ0n) is 18.7. The number of carbonyl (C=O) groups is 1. The molecule has 3 N–H and O–H groups in total. The van der Waals surface area contributed by atoms with Gasteiger partial charge in [-0.15, -0.1) is 0 Å². The maximum atomic E-state index is 10.9. The molecule has 2 heterocycles. The van der Waals surface area contributed by atoms with Crippen LogP contribution in [0.2, 0.25) is 10.0 Å². The van der Waals surface area contributed by atoms with Gasteiger partial charge in [0, 0.05) is 10.4 Å². The van der Waals surface area contributed by atoms with E-state index in [-0.39, 0.29) is 11.5 Å². The minimum atomic E-state index is -0.868. The third-order valence-corrected chi connectivity index (χ3v) is 6.28. The lowest BCUT2D eigenvalue weighted by Crippen LogP contribution is -2.37. The van der Waals surface area contributed by atoms with Crippen molar-refractivity contribution < 1.29 is 19.2 Å². The number of halogens is 2. The number of carbonyl (C=O) groups excluding carboxylic acids is 1. The highest BCUT2D eigenvalue weighted by Crippen LogP contribution is 2.32. The van der Waals surface area contributed by atoms with Crippen molar-refractivity contribution in [3.8, 4) is 5.75 Å². The number of hydrogen-bond donors (Lipinski definition) is 2. The predicted octanol–water partition coefficient (Wildman–Crippen LogP) is 5.27. The molecular formula is C25H27Cl2N3O4. The molecule has 3 aromatic rings. The molecular weight excluding hydrogens is 477 g/mol. The van der Waals surface area contributed by atoms with Crippen LogP contribution in [0.15, 0.2) is 52.0 Å². The Bertz CT molecular complexity index is 1190. The van der Waals surface area contributed by atoms with Crippen molar-refractivity contribution in [2.24, 2.45) is 10.9 Å². The summed E-state index contributed by atoms with van der Waals surface area (Å²) in [5.74, 6) is 0.0885. The molecule has 1 aliphatic heterocycles. The highest BCUT2D eigenvalue weighted by molar-refractivity contribution is 6.44. The number of aryl methyl sites for hydroxylation is 1. The summed E-state index contributed by atoms with van der Waals surface area (Å²) in [7, 11) is 0. The normalized spacial score (nSPS) is 16.0. The number of rotatable bonds is 8. The summed E-state index contributed by atoms with van der Waals surface area (Å²) >= 11 is 12.0. The number of primary amides is 1. The molecule has 1 saturated carbocycles. The van der Waals surface area contributed by atoms with Crippen LogP contribution in [-0.4, -0.2) is 47.5 Å². The van der Waals surface area contributed by atoms with Crippen LogP contribution in [0.4, 0.5) is 0 Å². The van der Waals surface area contributed by atoms with Crippen LogP contribution in [0.25, 0.3) is 11.0 Å². The fourth-order valence-corrected chi connectivity index (χ4v) is 4.05. The summed E-state index contributed by atoms with van der Waals surface area (Å²) in [6.45, 7) is 3.79. The predicted molar refractivity (Wildman–Crippen MR) is 133 cm³/mol. The molecule has 9 heteroatoms. The number of furan rings is 1. The molecule has 1 saturated heterocycles. The molecule has 1 amide bonds. The minimum Gasteiger partial charge on any atom is -0.489 e. The van der Waals surface area contributed by atoms with Crippen LogP contribution in [-0.2, 0) is 11.2 Å². The van der Waals surface area contributed by atoms with Crippen molar-refractivity contribution in [3.05, 3.63) is 63.8 Å². The van der Waals surface area contributed by atoms with Crippen LogP contribution < -0.4 is 10.5 Å². The van der Waals surface area contributed by atoms with Crippen LogP contribution >= 0.6 is 23.2 Å². The van der Waals surface area contributed by atoms with E-state index in [4.69, 9.17) is 43.3 Å². The zero-order valence-corrected chi connectivity index (χ0v) is 20.2. The fraction of sp³-hybridized carbons (Fsp3) is 0.360. The zero-order chi connectivity index (χ0) is 24.1. The summed E-state index contributed by atoms with van der Waals surface area (Å²) in [5.41, 5.74) is 6.54. The van der Waals surface area contributed by atoms with E-state index in [1.807, 2.05) is 6.07 Å². The van der Waals surface area contributed by atoms with Gasteiger partial charge in [-0.3, -0.25) is 4.79 Å². The number of nitrogens with zero attached hydrogens (tertiary/aromatic N) is 2. The van der Waals surface area contributed by atoms with E-state index in [0.29, 0.717) is 22.1 Å². The van der Waals surface area contributed by atoms with Gasteiger partial charge in [0.15, 0.2) is 5.76 Å². The van der Waals surface area contributed by atoms with Crippen LogP contribution in [0, 0.1) is 0 Å². The van der Waals surface area contributed by atoms with Gasteiger partial charge in [0.25, 0.3) is 5.91 Å². The summed E-state index contributed by atoms with van der Waals surface area (Å²) in [6, 6.07) is 12.7. The Morgan fingerprint density at radius 3 is 2.59 bits per heavy atom. The standard InChI is InChI=1S/C15H20ClNO.C10H7ClN2O3/c16-14-11-12(3-1-8-17-9-2-10-17)4-7-15(14)18-13-5-6-13;11-6-1-2-7-5(3-6)4-8(16-7)9(13-15)10(12)14/h4,7,11,13H,1-3,5-6,8-10H2;1-4,15H,(H2,12,14)/b;13-9+. The number of benzene rings is 2. The Balaban J connectivity index is 0.000000162. The molecule has 2 fully saturated rings. The topological polar surface area (TPSA) is 101 Å². The lowest BCUT2D eigenvalue weighted by atomic mass is 10.1. The van der Waals surface area contributed by atoms with Gasteiger partial charge >= 0.3 is 0 Å². The first-order valence-electron chi connectivity index (χ1n) is 11.3. The SMILES string of the molecule is Clc1cc(CCCN2CCC2)ccc1OC1CC1.NC(=O)/C(=N/O)c1cc2cc(Cl)ccc2o1.